The maximum absolute atomic E-state index is 12.5. The lowest BCUT2D eigenvalue weighted by atomic mass is 9.92. The van der Waals surface area contributed by atoms with E-state index in [0.29, 0.717) is 10.8 Å². The molecule has 4 aromatic carbocycles. The van der Waals surface area contributed by atoms with Gasteiger partial charge in [-0.25, -0.2) is 0 Å². The molecule has 0 aliphatic carbocycles. The third-order valence-electron chi connectivity index (χ3n) is 4.17. The summed E-state index contributed by atoms with van der Waals surface area (Å²) >= 11 is 6.81. The van der Waals surface area contributed by atoms with E-state index in [0.717, 1.165) is 40.9 Å². The monoisotopic (exact) mass is 414 g/mol. The van der Waals surface area contributed by atoms with Crippen LogP contribution >= 0.6 is 31.9 Å². The molecule has 4 rings (SSSR count). The minimum atomic E-state index is -0.477. The van der Waals surface area contributed by atoms with E-state index in [1.54, 1.807) is 12.1 Å². The van der Waals surface area contributed by atoms with E-state index in [9.17, 15) is 9.59 Å². The third kappa shape index (κ3) is 1.59. The van der Waals surface area contributed by atoms with Crippen molar-refractivity contribution in [3.63, 3.8) is 0 Å². The summed E-state index contributed by atoms with van der Waals surface area (Å²) < 4.78 is 1.50. The van der Waals surface area contributed by atoms with Gasteiger partial charge in [0.25, 0.3) is 0 Å². The average Bonchev–Trinajstić information content (AvgIpc) is 2.48. The van der Waals surface area contributed by atoms with Crippen molar-refractivity contribution in [3.8, 4) is 0 Å². The molecule has 0 saturated heterocycles. The Bertz CT molecular complexity index is 1110. The van der Waals surface area contributed by atoms with Crippen molar-refractivity contribution in [1.82, 2.24) is 0 Å². The Kier molecular flexibility index (Phi) is 2.75. The van der Waals surface area contributed by atoms with Crippen molar-refractivity contribution < 1.29 is 0 Å². The second kappa shape index (κ2) is 4.37. The molecule has 106 valence electrons. The van der Waals surface area contributed by atoms with Gasteiger partial charge in [0.2, 0.25) is 10.9 Å². The second-order valence-corrected chi connectivity index (χ2v) is 7.20. The maximum Gasteiger partial charge on any atom is 0.234 e. The van der Waals surface area contributed by atoms with E-state index in [1.165, 1.54) is 0 Å². The van der Waals surface area contributed by atoms with Crippen LogP contribution < -0.4 is 21.3 Å². The van der Waals surface area contributed by atoms with E-state index in [1.807, 2.05) is 12.1 Å². The van der Waals surface area contributed by atoms with Gasteiger partial charge in [0, 0.05) is 30.5 Å². The van der Waals surface area contributed by atoms with Crippen molar-refractivity contribution in [2.45, 2.75) is 0 Å². The van der Waals surface area contributed by atoms with Gasteiger partial charge < -0.3 is 0 Å². The molecule has 0 atom stereocenters. The molecule has 0 amide bonds. The van der Waals surface area contributed by atoms with Gasteiger partial charge in [-0.3, -0.25) is 9.59 Å². The summed E-state index contributed by atoms with van der Waals surface area (Å²) in [6.45, 7) is 8.23. The van der Waals surface area contributed by atoms with Gasteiger partial charge in [0.05, 0.1) is 0 Å². The highest BCUT2D eigenvalue weighted by Crippen LogP contribution is 2.31. The molecule has 0 saturated carbocycles. The van der Waals surface area contributed by atoms with Crippen LogP contribution in [0, 0.1) is 0 Å². The molecule has 0 aliphatic heterocycles. The van der Waals surface area contributed by atoms with Gasteiger partial charge in [0.1, 0.15) is 0 Å². The molecule has 0 radical (unpaired) electrons. The summed E-state index contributed by atoms with van der Waals surface area (Å²) in [6, 6.07) is 7.25. The SMILES string of the molecule is C=c1c(=C)c2cc(Br)cc3c(=O)c(=O)c4cc(Br)cc1c4c23. The number of halogens is 2. The highest BCUT2D eigenvalue weighted by molar-refractivity contribution is 9.10. The quantitative estimate of drug-likeness (QED) is 0.326. The van der Waals surface area contributed by atoms with Crippen molar-refractivity contribution in [1.29, 1.82) is 0 Å². The summed E-state index contributed by atoms with van der Waals surface area (Å²) in [4.78, 5) is 25.0. The Hall–Kier alpha value is -1.78. The lowest BCUT2D eigenvalue weighted by Gasteiger charge is -2.12. The van der Waals surface area contributed by atoms with Gasteiger partial charge >= 0.3 is 0 Å². The topological polar surface area (TPSA) is 34.1 Å². The van der Waals surface area contributed by atoms with Crippen molar-refractivity contribution in [3.05, 3.63) is 64.1 Å². The lowest BCUT2D eigenvalue weighted by Crippen LogP contribution is -2.29. The van der Waals surface area contributed by atoms with Gasteiger partial charge in [-0.2, -0.15) is 0 Å². The standard InChI is InChI=1S/C18H8Br2O2/c1-7-8(2)12-4-10(20)6-14-16(12)15-11(7)3-9(19)5-13(15)17(21)18(14)22/h3-6H,1-2H2. The van der Waals surface area contributed by atoms with Crippen molar-refractivity contribution in [2.75, 3.05) is 0 Å². The van der Waals surface area contributed by atoms with E-state index in [-0.39, 0.29) is 0 Å². The van der Waals surface area contributed by atoms with E-state index >= 15 is 0 Å². The first-order valence-corrected chi connectivity index (χ1v) is 8.14. The Balaban J connectivity index is 2.66. The molecule has 22 heavy (non-hydrogen) atoms. The summed E-state index contributed by atoms with van der Waals surface area (Å²) in [7, 11) is 0. The third-order valence-corrected chi connectivity index (χ3v) is 5.08. The molecule has 0 heterocycles. The molecular weight excluding hydrogens is 408 g/mol. The molecule has 0 N–H and O–H groups in total. The Labute approximate surface area is 141 Å². The zero-order chi connectivity index (χ0) is 15.8. The highest BCUT2D eigenvalue weighted by atomic mass is 79.9. The first kappa shape index (κ1) is 13.9. The van der Waals surface area contributed by atoms with Crippen LogP contribution in [-0.4, -0.2) is 0 Å². The summed E-state index contributed by atoms with van der Waals surface area (Å²) in [5.74, 6) is 0. The zero-order valence-electron chi connectivity index (χ0n) is 11.3. The zero-order valence-corrected chi connectivity index (χ0v) is 14.5. The van der Waals surface area contributed by atoms with Crippen LogP contribution in [0.5, 0.6) is 0 Å². The number of hydrogen-bond acceptors (Lipinski definition) is 2. The smallest absolute Gasteiger partial charge is 0.234 e. The maximum atomic E-state index is 12.5. The van der Waals surface area contributed by atoms with Gasteiger partial charge in [0.15, 0.2) is 0 Å². The van der Waals surface area contributed by atoms with Crippen LogP contribution in [0.4, 0.5) is 0 Å². The molecule has 4 aromatic rings. The Morgan fingerprint density at radius 2 is 0.955 bits per heavy atom. The minimum absolute atomic E-state index is 0.430. The summed E-state index contributed by atoms with van der Waals surface area (Å²) in [6.07, 6.45) is 0. The average molecular weight is 416 g/mol. The Morgan fingerprint density at radius 3 is 1.32 bits per heavy atom. The van der Waals surface area contributed by atoms with E-state index in [4.69, 9.17) is 0 Å². The normalized spacial score (nSPS) is 11.9. The predicted octanol–water partition coefficient (Wildman–Crippen LogP) is 3.09. The molecule has 0 aliphatic rings. The molecule has 0 aromatic heterocycles. The molecular formula is C18H8Br2O2. The molecule has 0 bridgehead atoms. The fourth-order valence-corrected chi connectivity index (χ4v) is 4.07. The van der Waals surface area contributed by atoms with Crippen LogP contribution in [0.25, 0.3) is 45.5 Å². The fourth-order valence-electron chi connectivity index (χ4n) is 3.16. The van der Waals surface area contributed by atoms with Crippen LogP contribution in [0.2, 0.25) is 0 Å². The van der Waals surface area contributed by atoms with Crippen molar-refractivity contribution in [2.24, 2.45) is 0 Å². The minimum Gasteiger partial charge on any atom is -0.285 e. The van der Waals surface area contributed by atoms with Gasteiger partial charge in [-0.1, -0.05) is 45.0 Å². The summed E-state index contributed by atoms with van der Waals surface area (Å²) in [5, 5.41) is 5.70. The highest BCUT2D eigenvalue weighted by Gasteiger charge is 2.17. The fraction of sp³-hybridized carbons (Fsp3) is 0. The molecule has 0 fully saturated rings. The van der Waals surface area contributed by atoms with Crippen LogP contribution in [0.3, 0.4) is 0 Å². The van der Waals surface area contributed by atoms with E-state index < -0.39 is 10.9 Å². The van der Waals surface area contributed by atoms with Crippen LogP contribution in [0.1, 0.15) is 0 Å². The molecule has 2 nitrogen and oxygen atoms in total. The van der Waals surface area contributed by atoms with E-state index in [2.05, 4.69) is 45.0 Å². The van der Waals surface area contributed by atoms with Gasteiger partial charge in [-0.05, 0) is 45.5 Å². The molecule has 4 heteroatoms. The first-order chi connectivity index (χ1) is 10.4. The van der Waals surface area contributed by atoms with Gasteiger partial charge in [-0.15, -0.1) is 0 Å². The lowest BCUT2D eigenvalue weighted by molar-refractivity contribution is 1.56. The van der Waals surface area contributed by atoms with Crippen LogP contribution in [0.15, 0.2) is 42.8 Å². The van der Waals surface area contributed by atoms with Crippen LogP contribution in [-0.2, 0) is 0 Å². The Morgan fingerprint density at radius 1 is 0.636 bits per heavy atom. The predicted molar refractivity (Wildman–Crippen MR) is 99.6 cm³/mol. The number of hydrogen-bond donors (Lipinski definition) is 0. The number of rotatable bonds is 0. The first-order valence-electron chi connectivity index (χ1n) is 6.55. The second-order valence-electron chi connectivity index (χ2n) is 5.37. The molecule has 0 unspecified atom stereocenters. The molecule has 0 spiro atoms. The largest absolute Gasteiger partial charge is 0.285 e. The number of benzene rings is 4. The summed E-state index contributed by atoms with van der Waals surface area (Å²) in [5.41, 5.74) is -0.955. The van der Waals surface area contributed by atoms with Crippen molar-refractivity contribution >= 4 is 77.3 Å².